The molecular weight excluding hydrogens is 336 g/mol. The first kappa shape index (κ1) is 18.9. The van der Waals surface area contributed by atoms with E-state index in [9.17, 15) is 24.3 Å². The van der Waals surface area contributed by atoms with Gasteiger partial charge in [0.05, 0.1) is 6.61 Å². The van der Waals surface area contributed by atoms with Gasteiger partial charge in [-0.25, -0.2) is 4.79 Å². The molecule has 1 fully saturated rings. The molecule has 10 nitrogen and oxygen atoms in total. The number of aliphatic hydroxyl groups is 1. The van der Waals surface area contributed by atoms with E-state index >= 15 is 0 Å². The molecule has 0 aromatic carbocycles. The number of H-pyrrole nitrogens is 1. The minimum atomic E-state index is -1.16. The third-order valence-electron chi connectivity index (χ3n) is 3.70. The Morgan fingerprint density at radius 3 is 2.32 bits per heavy atom. The lowest BCUT2D eigenvalue weighted by atomic mass is 10.1. The Bertz CT molecular complexity index is 740. The van der Waals surface area contributed by atoms with Crippen molar-refractivity contribution in [1.82, 2.24) is 9.55 Å². The molecule has 2 rings (SSSR count). The maximum Gasteiger partial charge on any atom is 0.330 e. The van der Waals surface area contributed by atoms with Crippen LogP contribution in [0.3, 0.4) is 0 Å². The smallest absolute Gasteiger partial charge is 0.330 e. The normalized spacial score (nSPS) is 25.6. The van der Waals surface area contributed by atoms with Gasteiger partial charge >= 0.3 is 17.6 Å². The van der Waals surface area contributed by atoms with E-state index in [0.717, 1.165) is 10.6 Å². The molecule has 1 saturated heterocycles. The molecule has 1 aromatic heterocycles. The largest absolute Gasteiger partial charge is 0.455 e. The van der Waals surface area contributed by atoms with Gasteiger partial charge < -0.3 is 19.3 Å². The Labute approximate surface area is 142 Å². The molecule has 2 heterocycles. The van der Waals surface area contributed by atoms with Gasteiger partial charge in [0.25, 0.3) is 5.56 Å². The highest BCUT2D eigenvalue weighted by Crippen LogP contribution is 2.33. The Morgan fingerprint density at radius 2 is 1.80 bits per heavy atom. The van der Waals surface area contributed by atoms with E-state index in [1.165, 1.54) is 6.20 Å². The molecular formula is C15H20N2O8. The molecule has 1 aromatic rings. The van der Waals surface area contributed by atoms with Crippen molar-refractivity contribution in [3.05, 3.63) is 33.1 Å². The number of aromatic amines is 1. The van der Waals surface area contributed by atoms with E-state index in [1.807, 2.05) is 0 Å². The van der Waals surface area contributed by atoms with Crippen LogP contribution in [0.4, 0.5) is 0 Å². The topological polar surface area (TPSA) is 137 Å². The summed E-state index contributed by atoms with van der Waals surface area (Å²) < 4.78 is 17.1. The van der Waals surface area contributed by atoms with Crippen molar-refractivity contribution in [2.45, 2.75) is 51.2 Å². The Balaban J connectivity index is 2.41. The van der Waals surface area contributed by atoms with Gasteiger partial charge in [-0.15, -0.1) is 0 Å². The van der Waals surface area contributed by atoms with Crippen molar-refractivity contribution in [1.29, 1.82) is 0 Å². The van der Waals surface area contributed by atoms with Crippen molar-refractivity contribution >= 4 is 11.9 Å². The molecule has 0 spiro atoms. The highest BCUT2D eigenvalue weighted by molar-refractivity contribution is 5.70. The number of aromatic nitrogens is 2. The van der Waals surface area contributed by atoms with Crippen molar-refractivity contribution in [2.75, 3.05) is 6.61 Å². The van der Waals surface area contributed by atoms with Crippen molar-refractivity contribution < 1.29 is 28.9 Å². The average Bonchev–Trinajstić information content (AvgIpc) is 2.92. The van der Waals surface area contributed by atoms with Crippen LogP contribution >= 0.6 is 0 Å². The molecule has 0 bridgehead atoms. The second kappa shape index (κ2) is 8.08. The Morgan fingerprint density at radius 1 is 1.20 bits per heavy atom. The van der Waals surface area contributed by atoms with Crippen LogP contribution in [0.25, 0.3) is 0 Å². The molecule has 25 heavy (non-hydrogen) atoms. The van der Waals surface area contributed by atoms with Crippen LogP contribution < -0.4 is 11.2 Å². The number of aliphatic hydroxyl groups excluding tert-OH is 1. The highest BCUT2D eigenvalue weighted by atomic mass is 16.6. The second-order valence-corrected chi connectivity index (χ2v) is 5.38. The van der Waals surface area contributed by atoms with Crippen LogP contribution in [0.15, 0.2) is 21.9 Å². The number of carbonyl (C=O) groups excluding carboxylic acids is 2. The summed E-state index contributed by atoms with van der Waals surface area (Å²) >= 11 is 0. The summed E-state index contributed by atoms with van der Waals surface area (Å²) in [5, 5.41) is 9.51. The minimum absolute atomic E-state index is 0.0575. The maximum absolute atomic E-state index is 12.0. The monoisotopic (exact) mass is 356 g/mol. The summed E-state index contributed by atoms with van der Waals surface area (Å²) in [5.41, 5.74) is -1.39. The number of hydrogen-bond donors (Lipinski definition) is 2. The zero-order valence-electron chi connectivity index (χ0n) is 13.8. The van der Waals surface area contributed by atoms with Crippen LogP contribution in [-0.2, 0) is 23.8 Å². The molecule has 0 radical (unpaired) electrons. The summed E-state index contributed by atoms with van der Waals surface area (Å²) in [5.74, 6) is -1.16. The number of carbonyl (C=O) groups is 2. The molecule has 4 atom stereocenters. The first-order chi connectivity index (χ1) is 11.9. The zero-order chi connectivity index (χ0) is 18.6. The van der Waals surface area contributed by atoms with Crippen LogP contribution in [0.1, 0.15) is 32.9 Å². The van der Waals surface area contributed by atoms with Crippen LogP contribution in [0, 0.1) is 0 Å². The Kier molecular flexibility index (Phi) is 6.10. The summed E-state index contributed by atoms with van der Waals surface area (Å²) in [7, 11) is 0. The Hall–Kier alpha value is -2.46. The molecule has 0 amide bonds. The van der Waals surface area contributed by atoms with Gasteiger partial charge in [0, 0.05) is 25.1 Å². The summed E-state index contributed by atoms with van der Waals surface area (Å²) in [6.45, 7) is 2.65. The van der Waals surface area contributed by atoms with Gasteiger partial charge in [-0.05, 0) is 0 Å². The van der Waals surface area contributed by atoms with Gasteiger partial charge in [-0.1, -0.05) is 13.8 Å². The predicted molar refractivity (Wildman–Crippen MR) is 82.7 cm³/mol. The summed E-state index contributed by atoms with van der Waals surface area (Å²) in [6, 6.07) is 1.10. The fraction of sp³-hybridized carbons (Fsp3) is 0.600. The van der Waals surface area contributed by atoms with E-state index in [1.54, 1.807) is 13.8 Å². The van der Waals surface area contributed by atoms with Gasteiger partial charge in [0.15, 0.2) is 18.4 Å². The van der Waals surface area contributed by atoms with E-state index < -0.39 is 54.3 Å². The quantitative estimate of drug-likeness (QED) is 0.624. The number of rotatable bonds is 6. The molecule has 138 valence electrons. The number of nitrogens with zero attached hydrogens (tertiary/aromatic N) is 1. The van der Waals surface area contributed by atoms with Gasteiger partial charge in [0.2, 0.25) is 0 Å². The lowest BCUT2D eigenvalue weighted by molar-refractivity contribution is -0.168. The fourth-order valence-electron chi connectivity index (χ4n) is 2.44. The van der Waals surface area contributed by atoms with Crippen molar-refractivity contribution in [2.24, 2.45) is 0 Å². The first-order valence-corrected chi connectivity index (χ1v) is 7.88. The standard InChI is InChI=1S/C15H20N2O8/c1-3-10(20)24-12-8(7-18)23-14(13(12)25-11(21)4-2)17-6-5-9(19)16-15(17)22/h5-6,8,12-14,18H,3-4,7H2,1-2H3,(H,16,19,22)/t8-,12-,13-,14-/m1/s1. The minimum Gasteiger partial charge on any atom is -0.455 e. The average molecular weight is 356 g/mol. The predicted octanol–water partition coefficient (Wildman–Crippen LogP) is -0.930. The van der Waals surface area contributed by atoms with Crippen LogP contribution in [-0.4, -0.2) is 51.5 Å². The fourth-order valence-corrected chi connectivity index (χ4v) is 2.44. The summed E-state index contributed by atoms with van der Waals surface area (Å²) in [6.07, 6.45) is -3.08. The van der Waals surface area contributed by atoms with Gasteiger partial charge in [0.1, 0.15) is 6.10 Å². The molecule has 2 N–H and O–H groups in total. The van der Waals surface area contributed by atoms with Crippen LogP contribution in [0.2, 0.25) is 0 Å². The summed E-state index contributed by atoms with van der Waals surface area (Å²) in [4.78, 5) is 48.7. The third-order valence-corrected chi connectivity index (χ3v) is 3.70. The number of hydrogen-bond acceptors (Lipinski definition) is 8. The second-order valence-electron chi connectivity index (χ2n) is 5.38. The maximum atomic E-state index is 12.0. The molecule has 10 heteroatoms. The van der Waals surface area contributed by atoms with Crippen molar-refractivity contribution in [3.63, 3.8) is 0 Å². The molecule has 0 aliphatic carbocycles. The number of ether oxygens (including phenoxy) is 3. The molecule has 1 aliphatic heterocycles. The first-order valence-electron chi connectivity index (χ1n) is 7.88. The third kappa shape index (κ3) is 4.15. The highest BCUT2D eigenvalue weighted by Gasteiger charge is 2.50. The number of nitrogens with one attached hydrogen (secondary N) is 1. The molecule has 1 aliphatic rings. The van der Waals surface area contributed by atoms with Crippen molar-refractivity contribution in [3.8, 4) is 0 Å². The SMILES string of the molecule is CCC(=O)O[C@@H]1[C@H](OC(=O)CC)[C@@H](CO)O[C@H]1n1ccc(=O)[nH]c1=O. The zero-order valence-corrected chi connectivity index (χ0v) is 13.8. The van der Waals surface area contributed by atoms with Gasteiger partial charge in [-0.2, -0.15) is 0 Å². The lowest BCUT2D eigenvalue weighted by Crippen LogP contribution is -2.42. The lowest BCUT2D eigenvalue weighted by Gasteiger charge is -2.24. The van der Waals surface area contributed by atoms with Gasteiger partial charge in [-0.3, -0.25) is 23.9 Å². The van der Waals surface area contributed by atoms with E-state index in [4.69, 9.17) is 14.2 Å². The van der Waals surface area contributed by atoms with E-state index in [2.05, 4.69) is 4.98 Å². The van der Waals surface area contributed by atoms with E-state index in [-0.39, 0.29) is 12.8 Å². The number of esters is 2. The van der Waals surface area contributed by atoms with E-state index in [0.29, 0.717) is 0 Å². The molecule has 0 saturated carbocycles. The van der Waals surface area contributed by atoms with Crippen LogP contribution in [0.5, 0.6) is 0 Å². The molecule has 0 unspecified atom stereocenters.